The summed E-state index contributed by atoms with van der Waals surface area (Å²) in [5.41, 5.74) is 1.86. The van der Waals surface area contributed by atoms with Crippen LogP contribution in [0, 0.1) is 11.6 Å². The van der Waals surface area contributed by atoms with Gasteiger partial charge in [0.25, 0.3) is 0 Å². The standard InChI is InChI=1S/C24H13ClF2N4O2/c25-13-6-9-15-17(10-13)21(16-2-1-3-18(26)20(16)27)30-19-11-28-24(31-22(15)19)29-14-7-4-12(5-8-14)23(32)33/h1-11H,(H,32,33)(H,28,29,31). The lowest BCUT2D eigenvalue weighted by atomic mass is 10.0. The maximum Gasteiger partial charge on any atom is 0.335 e. The van der Waals surface area contributed by atoms with Gasteiger partial charge in [-0.2, -0.15) is 0 Å². The van der Waals surface area contributed by atoms with Crippen LogP contribution in [0.15, 0.2) is 66.9 Å². The molecule has 0 atom stereocenters. The second kappa shape index (κ2) is 8.07. The van der Waals surface area contributed by atoms with E-state index in [4.69, 9.17) is 16.7 Å². The van der Waals surface area contributed by atoms with Gasteiger partial charge < -0.3 is 10.4 Å². The molecule has 2 heterocycles. The van der Waals surface area contributed by atoms with E-state index in [1.54, 1.807) is 30.3 Å². The number of benzene rings is 3. The van der Waals surface area contributed by atoms with Crippen LogP contribution in [0.1, 0.15) is 10.4 Å². The van der Waals surface area contributed by atoms with Crippen molar-refractivity contribution in [2.45, 2.75) is 0 Å². The number of carbonyl (C=O) groups is 1. The Morgan fingerprint density at radius 3 is 2.52 bits per heavy atom. The Kier molecular flexibility index (Phi) is 5.07. The number of pyridine rings is 1. The molecule has 6 nitrogen and oxygen atoms in total. The number of hydrogen-bond donors (Lipinski definition) is 2. The van der Waals surface area contributed by atoms with Crippen LogP contribution < -0.4 is 5.32 Å². The first-order valence-electron chi connectivity index (χ1n) is 9.71. The molecule has 2 N–H and O–H groups in total. The van der Waals surface area contributed by atoms with E-state index < -0.39 is 17.6 Å². The van der Waals surface area contributed by atoms with Crippen LogP contribution >= 0.6 is 11.6 Å². The van der Waals surface area contributed by atoms with Gasteiger partial charge in [0.2, 0.25) is 5.95 Å². The average Bonchev–Trinajstić information content (AvgIpc) is 2.81. The number of carboxylic acids is 1. The smallest absolute Gasteiger partial charge is 0.335 e. The Morgan fingerprint density at radius 2 is 1.76 bits per heavy atom. The Balaban J connectivity index is 1.66. The first-order chi connectivity index (χ1) is 15.9. The van der Waals surface area contributed by atoms with E-state index in [1.165, 1.54) is 30.5 Å². The fourth-order valence-electron chi connectivity index (χ4n) is 3.53. The van der Waals surface area contributed by atoms with Crippen molar-refractivity contribution in [2.24, 2.45) is 0 Å². The third kappa shape index (κ3) is 3.81. The van der Waals surface area contributed by atoms with E-state index in [-0.39, 0.29) is 22.8 Å². The molecule has 0 spiro atoms. The number of fused-ring (bicyclic) bond motifs is 3. The zero-order valence-corrected chi connectivity index (χ0v) is 17.4. The molecular weight excluding hydrogens is 450 g/mol. The zero-order chi connectivity index (χ0) is 23.1. The molecule has 0 aliphatic heterocycles. The van der Waals surface area contributed by atoms with E-state index >= 15 is 0 Å². The van der Waals surface area contributed by atoms with Crippen LogP contribution in [-0.4, -0.2) is 26.0 Å². The minimum Gasteiger partial charge on any atom is -0.478 e. The number of anilines is 2. The van der Waals surface area contributed by atoms with Gasteiger partial charge in [0, 0.05) is 27.0 Å². The highest BCUT2D eigenvalue weighted by Gasteiger charge is 2.17. The van der Waals surface area contributed by atoms with Gasteiger partial charge in [-0.05, 0) is 48.5 Å². The van der Waals surface area contributed by atoms with Gasteiger partial charge >= 0.3 is 5.97 Å². The van der Waals surface area contributed by atoms with Crippen molar-refractivity contribution in [1.82, 2.24) is 15.0 Å². The molecule has 9 heteroatoms. The molecule has 2 aromatic heterocycles. The first kappa shape index (κ1) is 20.7. The average molecular weight is 463 g/mol. The second-order valence-electron chi connectivity index (χ2n) is 7.19. The van der Waals surface area contributed by atoms with Crippen LogP contribution in [0.5, 0.6) is 0 Å². The van der Waals surface area contributed by atoms with E-state index in [1.807, 2.05) is 0 Å². The maximum atomic E-state index is 14.6. The molecule has 162 valence electrons. The first-order valence-corrected chi connectivity index (χ1v) is 10.1. The van der Waals surface area contributed by atoms with Gasteiger partial charge in [0.15, 0.2) is 11.6 Å². The highest BCUT2D eigenvalue weighted by atomic mass is 35.5. The lowest BCUT2D eigenvalue weighted by molar-refractivity contribution is 0.0697. The number of rotatable bonds is 4. The molecule has 5 rings (SSSR count). The molecule has 0 saturated heterocycles. The van der Waals surface area contributed by atoms with Crippen molar-refractivity contribution in [3.8, 4) is 11.3 Å². The van der Waals surface area contributed by atoms with Crippen molar-refractivity contribution < 1.29 is 18.7 Å². The summed E-state index contributed by atoms with van der Waals surface area (Å²) in [6.45, 7) is 0. The fraction of sp³-hybridized carbons (Fsp3) is 0. The van der Waals surface area contributed by atoms with Gasteiger partial charge in [-0.3, -0.25) is 0 Å². The van der Waals surface area contributed by atoms with E-state index in [2.05, 4.69) is 20.3 Å². The van der Waals surface area contributed by atoms with E-state index in [9.17, 15) is 13.6 Å². The molecule has 3 aromatic carbocycles. The number of aromatic nitrogens is 3. The van der Waals surface area contributed by atoms with Gasteiger partial charge in [0.1, 0.15) is 11.0 Å². The van der Waals surface area contributed by atoms with Crippen LogP contribution in [0.25, 0.3) is 33.1 Å². The topological polar surface area (TPSA) is 88.0 Å². The summed E-state index contributed by atoms with van der Waals surface area (Å²) in [5.74, 6) is -2.75. The molecule has 0 amide bonds. The summed E-state index contributed by atoms with van der Waals surface area (Å²) in [5, 5.41) is 13.6. The van der Waals surface area contributed by atoms with Crippen molar-refractivity contribution >= 4 is 51.0 Å². The highest BCUT2D eigenvalue weighted by molar-refractivity contribution is 6.31. The summed E-state index contributed by atoms with van der Waals surface area (Å²) < 4.78 is 28.5. The monoisotopic (exact) mass is 462 g/mol. The number of hydrogen-bond acceptors (Lipinski definition) is 5. The molecule has 33 heavy (non-hydrogen) atoms. The molecule has 0 radical (unpaired) electrons. The third-order valence-electron chi connectivity index (χ3n) is 5.09. The van der Waals surface area contributed by atoms with Crippen LogP contribution in [0.3, 0.4) is 0 Å². The Labute approximate surface area is 190 Å². The Morgan fingerprint density at radius 1 is 0.970 bits per heavy atom. The molecule has 0 fully saturated rings. The van der Waals surface area contributed by atoms with Crippen molar-refractivity contribution in [2.75, 3.05) is 5.32 Å². The third-order valence-corrected chi connectivity index (χ3v) is 5.32. The maximum absolute atomic E-state index is 14.6. The predicted molar refractivity (Wildman–Crippen MR) is 122 cm³/mol. The largest absolute Gasteiger partial charge is 0.478 e. The van der Waals surface area contributed by atoms with E-state index in [0.717, 1.165) is 6.07 Å². The Bertz CT molecular complexity index is 1560. The van der Waals surface area contributed by atoms with Gasteiger partial charge in [-0.25, -0.2) is 28.5 Å². The number of nitrogens with one attached hydrogen (secondary N) is 1. The lowest BCUT2D eigenvalue weighted by Gasteiger charge is -2.12. The second-order valence-corrected chi connectivity index (χ2v) is 7.62. The quantitative estimate of drug-likeness (QED) is 0.308. The summed E-state index contributed by atoms with van der Waals surface area (Å²) in [6, 6.07) is 15.1. The molecule has 5 aromatic rings. The predicted octanol–water partition coefficient (Wildman–Crippen LogP) is 6.22. The van der Waals surface area contributed by atoms with Gasteiger partial charge in [-0.15, -0.1) is 0 Å². The number of carboxylic acid groups (broad SMARTS) is 1. The lowest BCUT2D eigenvalue weighted by Crippen LogP contribution is -2.01. The summed E-state index contributed by atoms with van der Waals surface area (Å²) >= 11 is 6.19. The fourth-order valence-corrected chi connectivity index (χ4v) is 3.70. The van der Waals surface area contributed by atoms with Crippen molar-refractivity contribution in [1.29, 1.82) is 0 Å². The summed E-state index contributed by atoms with van der Waals surface area (Å²) in [4.78, 5) is 24.4. The molecule has 0 bridgehead atoms. The van der Waals surface area contributed by atoms with Crippen molar-refractivity contribution in [3.63, 3.8) is 0 Å². The van der Waals surface area contributed by atoms with Crippen LogP contribution in [0.4, 0.5) is 20.4 Å². The summed E-state index contributed by atoms with van der Waals surface area (Å²) in [6.07, 6.45) is 1.48. The minimum absolute atomic E-state index is 0.00453. The van der Waals surface area contributed by atoms with Crippen LogP contribution in [0.2, 0.25) is 5.02 Å². The van der Waals surface area contributed by atoms with E-state index in [0.29, 0.717) is 32.5 Å². The van der Waals surface area contributed by atoms with Gasteiger partial charge in [-0.1, -0.05) is 23.7 Å². The van der Waals surface area contributed by atoms with Crippen molar-refractivity contribution in [3.05, 3.63) is 89.1 Å². The highest BCUT2D eigenvalue weighted by Crippen LogP contribution is 2.35. The number of aromatic carboxylic acids is 1. The molecule has 0 unspecified atom stereocenters. The summed E-state index contributed by atoms with van der Waals surface area (Å²) in [7, 11) is 0. The Hall–Kier alpha value is -4.17. The van der Waals surface area contributed by atoms with Gasteiger partial charge in [0.05, 0.1) is 17.5 Å². The molecule has 0 aliphatic rings. The SMILES string of the molecule is O=C(O)c1ccc(Nc2ncc3nc(-c4cccc(F)c4F)c4cc(Cl)ccc4c3n2)cc1. The minimum atomic E-state index is -1.02. The zero-order valence-electron chi connectivity index (χ0n) is 16.7. The molecular formula is C24H13ClF2N4O2. The number of halogens is 3. The number of nitrogens with zero attached hydrogens (tertiary/aromatic N) is 3. The molecule has 0 saturated carbocycles. The van der Waals surface area contributed by atoms with Crippen LogP contribution in [-0.2, 0) is 0 Å². The molecule has 0 aliphatic carbocycles. The normalized spacial score (nSPS) is 11.1.